The van der Waals surface area contributed by atoms with Crippen LogP contribution in [0.15, 0.2) is 30.6 Å². The van der Waals surface area contributed by atoms with Crippen molar-refractivity contribution in [2.24, 2.45) is 0 Å². The third-order valence-electron chi connectivity index (χ3n) is 5.05. The van der Waals surface area contributed by atoms with Gasteiger partial charge < -0.3 is 5.32 Å². The molecule has 130 valence electrons. The van der Waals surface area contributed by atoms with Gasteiger partial charge in [0.05, 0.1) is 5.39 Å². The number of thiophene rings is 1. The van der Waals surface area contributed by atoms with Crippen LogP contribution in [-0.2, 0) is 13.1 Å². The molecule has 0 radical (unpaired) electrons. The molecule has 5 heteroatoms. The molecule has 1 aromatic carbocycles. The van der Waals surface area contributed by atoms with Crippen LogP contribution in [0.5, 0.6) is 0 Å². The minimum Gasteiger partial charge on any atom is -0.365 e. The third kappa shape index (κ3) is 3.53. The van der Waals surface area contributed by atoms with Crippen molar-refractivity contribution in [1.29, 1.82) is 0 Å². The number of nitrogens with zero attached hydrogens (tertiary/aromatic N) is 3. The molecule has 4 nitrogen and oxygen atoms in total. The highest BCUT2D eigenvalue weighted by atomic mass is 32.1. The fraction of sp³-hybridized carbons (Fsp3) is 0.400. The normalized spacial score (nSPS) is 15.1. The summed E-state index contributed by atoms with van der Waals surface area (Å²) in [6, 6.07) is 8.96. The molecule has 0 unspecified atom stereocenters. The van der Waals surface area contributed by atoms with Crippen molar-refractivity contribution < 1.29 is 0 Å². The second-order valence-corrected chi connectivity index (χ2v) is 8.04. The Labute approximate surface area is 152 Å². The number of likely N-dealkylation sites (tertiary alicyclic amines) is 1. The molecular weight excluding hydrogens is 328 g/mol. The lowest BCUT2D eigenvalue weighted by molar-refractivity contribution is 0.331. The summed E-state index contributed by atoms with van der Waals surface area (Å²) in [6.07, 6.45) is 4.34. The van der Waals surface area contributed by atoms with Crippen LogP contribution < -0.4 is 5.32 Å². The number of benzene rings is 1. The number of hydrogen-bond acceptors (Lipinski definition) is 5. The lowest BCUT2D eigenvalue weighted by atomic mass is 10.1. The van der Waals surface area contributed by atoms with E-state index in [0.717, 1.165) is 29.1 Å². The van der Waals surface area contributed by atoms with Gasteiger partial charge in [0.25, 0.3) is 0 Å². The molecule has 0 aliphatic carbocycles. The van der Waals surface area contributed by atoms with Crippen LogP contribution in [0, 0.1) is 13.8 Å². The minimum atomic E-state index is 0.782. The van der Waals surface area contributed by atoms with E-state index in [4.69, 9.17) is 0 Å². The van der Waals surface area contributed by atoms with Crippen molar-refractivity contribution in [3.63, 3.8) is 0 Å². The molecule has 2 aromatic heterocycles. The zero-order valence-electron chi connectivity index (χ0n) is 14.9. The zero-order valence-corrected chi connectivity index (χ0v) is 15.7. The van der Waals surface area contributed by atoms with Crippen LogP contribution in [0.3, 0.4) is 0 Å². The summed E-state index contributed by atoms with van der Waals surface area (Å²) in [4.78, 5) is 13.8. The summed E-state index contributed by atoms with van der Waals surface area (Å²) in [6.45, 7) is 8.64. The largest absolute Gasteiger partial charge is 0.365 e. The van der Waals surface area contributed by atoms with Gasteiger partial charge in [-0.25, -0.2) is 9.97 Å². The van der Waals surface area contributed by atoms with Crippen LogP contribution in [0.2, 0.25) is 0 Å². The number of fused-ring (bicyclic) bond motifs is 1. The highest BCUT2D eigenvalue weighted by Crippen LogP contribution is 2.32. The summed E-state index contributed by atoms with van der Waals surface area (Å²) in [5, 5.41) is 4.66. The fourth-order valence-electron chi connectivity index (χ4n) is 3.46. The van der Waals surface area contributed by atoms with E-state index in [1.807, 2.05) is 0 Å². The van der Waals surface area contributed by atoms with Gasteiger partial charge in [-0.05, 0) is 56.5 Å². The van der Waals surface area contributed by atoms with E-state index in [1.165, 1.54) is 47.5 Å². The number of anilines is 1. The molecule has 1 aliphatic heterocycles. The van der Waals surface area contributed by atoms with Gasteiger partial charge in [-0.3, -0.25) is 4.90 Å². The molecule has 0 bridgehead atoms. The molecule has 0 saturated carbocycles. The SMILES string of the molecule is Cc1sc2ncnc(NCc3ccc(CN4CCCC4)cc3)c2c1C. The van der Waals surface area contributed by atoms with Gasteiger partial charge >= 0.3 is 0 Å². The molecule has 3 aromatic rings. The smallest absolute Gasteiger partial charge is 0.138 e. The first kappa shape index (κ1) is 16.5. The molecule has 1 saturated heterocycles. The Kier molecular flexibility index (Phi) is 4.68. The maximum absolute atomic E-state index is 4.46. The molecule has 3 heterocycles. The van der Waals surface area contributed by atoms with Gasteiger partial charge in [-0.2, -0.15) is 0 Å². The highest BCUT2D eigenvalue weighted by Gasteiger charge is 2.13. The standard InChI is InChI=1S/C20H24N4S/c1-14-15(2)25-20-18(14)19(22-13-23-20)21-11-16-5-7-17(8-6-16)12-24-9-3-4-10-24/h5-8,13H,3-4,9-12H2,1-2H3,(H,21,22,23). The molecular formula is C20H24N4S. The van der Waals surface area contributed by atoms with Gasteiger partial charge in [0.2, 0.25) is 0 Å². The van der Waals surface area contributed by atoms with E-state index in [2.05, 4.69) is 58.3 Å². The van der Waals surface area contributed by atoms with Crippen molar-refractivity contribution >= 4 is 27.4 Å². The number of rotatable bonds is 5. The monoisotopic (exact) mass is 352 g/mol. The topological polar surface area (TPSA) is 41.1 Å². The first-order valence-electron chi connectivity index (χ1n) is 8.95. The Balaban J connectivity index is 1.44. The van der Waals surface area contributed by atoms with Crippen molar-refractivity contribution in [2.45, 2.75) is 39.8 Å². The van der Waals surface area contributed by atoms with Gasteiger partial charge in [-0.15, -0.1) is 11.3 Å². The Morgan fingerprint density at radius 2 is 1.76 bits per heavy atom. The molecule has 25 heavy (non-hydrogen) atoms. The zero-order chi connectivity index (χ0) is 17.2. The summed E-state index contributed by atoms with van der Waals surface area (Å²) in [5.41, 5.74) is 3.96. The number of aryl methyl sites for hydroxylation is 2. The summed E-state index contributed by atoms with van der Waals surface area (Å²) < 4.78 is 0. The van der Waals surface area contributed by atoms with E-state index in [9.17, 15) is 0 Å². The first-order valence-corrected chi connectivity index (χ1v) is 9.77. The second-order valence-electron chi connectivity index (χ2n) is 6.84. The average molecular weight is 353 g/mol. The van der Waals surface area contributed by atoms with Crippen molar-refractivity contribution in [3.05, 3.63) is 52.2 Å². The van der Waals surface area contributed by atoms with Gasteiger partial charge in [0.15, 0.2) is 0 Å². The number of hydrogen-bond donors (Lipinski definition) is 1. The summed E-state index contributed by atoms with van der Waals surface area (Å²) >= 11 is 1.74. The van der Waals surface area contributed by atoms with Crippen molar-refractivity contribution in [3.8, 4) is 0 Å². The van der Waals surface area contributed by atoms with Crippen LogP contribution in [0.1, 0.15) is 34.4 Å². The summed E-state index contributed by atoms with van der Waals surface area (Å²) in [7, 11) is 0. The molecule has 1 fully saturated rings. The lowest BCUT2D eigenvalue weighted by Gasteiger charge is -2.15. The van der Waals surface area contributed by atoms with E-state index in [-0.39, 0.29) is 0 Å². The predicted octanol–water partition coefficient (Wildman–Crippen LogP) is 4.52. The number of nitrogens with one attached hydrogen (secondary N) is 1. The Morgan fingerprint density at radius 1 is 1.04 bits per heavy atom. The van der Waals surface area contributed by atoms with Gasteiger partial charge in [-0.1, -0.05) is 24.3 Å². The fourth-order valence-corrected chi connectivity index (χ4v) is 4.46. The van der Waals surface area contributed by atoms with Crippen LogP contribution in [0.25, 0.3) is 10.2 Å². The molecule has 0 spiro atoms. The third-order valence-corrected chi connectivity index (χ3v) is 6.17. The molecule has 1 N–H and O–H groups in total. The number of aromatic nitrogens is 2. The Hall–Kier alpha value is -1.98. The van der Waals surface area contributed by atoms with Crippen LogP contribution >= 0.6 is 11.3 Å². The molecule has 0 atom stereocenters. The maximum atomic E-state index is 4.46. The van der Waals surface area contributed by atoms with Gasteiger partial charge in [0.1, 0.15) is 17.0 Å². The quantitative estimate of drug-likeness (QED) is 0.733. The van der Waals surface area contributed by atoms with Crippen molar-refractivity contribution in [2.75, 3.05) is 18.4 Å². The van der Waals surface area contributed by atoms with E-state index in [0.29, 0.717) is 0 Å². The summed E-state index contributed by atoms with van der Waals surface area (Å²) in [5.74, 6) is 0.938. The lowest BCUT2D eigenvalue weighted by Crippen LogP contribution is -2.18. The first-order chi connectivity index (χ1) is 12.2. The van der Waals surface area contributed by atoms with E-state index >= 15 is 0 Å². The highest BCUT2D eigenvalue weighted by molar-refractivity contribution is 7.18. The molecule has 0 amide bonds. The van der Waals surface area contributed by atoms with Crippen molar-refractivity contribution in [1.82, 2.24) is 14.9 Å². The van der Waals surface area contributed by atoms with E-state index in [1.54, 1.807) is 17.7 Å². The van der Waals surface area contributed by atoms with Gasteiger partial charge in [0, 0.05) is 18.0 Å². The van der Waals surface area contributed by atoms with Crippen LogP contribution in [0.4, 0.5) is 5.82 Å². The average Bonchev–Trinajstić information content (AvgIpc) is 3.23. The maximum Gasteiger partial charge on any atom is 0.138 e. The molecule has 1 aliphatic rings. The second kappa shape index (κ2) is 7.10. The van der Waals surface area contributed by atoms with Crippen LogP contribution in [-0.4, -0.2) is 28.0 Å². The van der Waals surface area contributed by atoms with E-state index < -0.39 is 0 Å². The molecule has 4 rings (SSSR count). The Bertz CT molecular complexity index is 863. The Morgan fingerprint density at radius 3 is 2.52 bits per heavy atom. The minimum absolute atomic E-state index is 0.782. The predicted molar refractivity (Wildman–Crippen MR) is 105 cm³/mol.